The molecule has 1 aromatic carbocycles. The highest BCUT2D eigenvalue weighted by Crippen LogP contribution is 2.34. The van der Waals surface area contributed by atoms with Gasteiger partial charge in [-0.25, -0.2) is 9.97 Å². The van der Waals surface area contributed by atoms with Gasteiger partial charge in [0.2, 0.25) is 5.95 Å². The molecule has 0 saturated heterocycles. The molecule has 0 amide bonds. The molecule has 4 heterocycles. The van der Waals surface area contributed by atoms with Crippen LogP contribution in [0.15, 0.2) is 88.6 Å². The summed E-state index contributed by atoms with van der Waals surface area (Å²) in [6.07, 6.45) is 1.86. The zero-order valence-corrected chi connectivity index (χ0v) is 18.2. The molecule has 0 fully saturated rings. The molecule has 0 aliphatic rings. The Labute approximate surface area is 196 Å². The zero-order valence-electron chi connectivity index (χ0n) is 17.4. The molecule has 170 valence electrons. The summed E-state index contributed by atoms with van der Waals surface area (Å²) >= 11 is 1.61. The molecule has 5 aromatic rings. The van der Waals surface area contributed by atoms with Crippen LogP contribution in [0.2, 0.25) is 0 Å². The lowest BCUT2D eigenvalue weighted by Crippen LogP contribution is -2.06. The number of benzene rings is 1. The molecule has 0 saturated carbocycles. The van der Waals surface area contributed by atoms with Crippen LogP contribution in [-0.2, 0) is 6.18 Å². The highest BCUT2D eigenvalue weighted by atomic mass is 32.1. The fourth-order valence-electron chi connectivity index (χ4n) is 3.26. The SMILES string of the molecule is FC(F)(F)c1cccc(Nc2nc(Nc3ccc(-c4ccsc4)cn3)ncc2-c2ccoc2)c1. The van der Waals surface area contributed by atoms with E-state index in [2.05, 4.69) is 25.6 Å². The van der Waals surface area contributed by atoms with E-state index >= 15 is 0 Å². The molecule has 0 aliphatic heterocycles. The molecule has 0 radical (unpaired) electrons. The number of hydrogen-bond acceptors (Lipinski definition) is 7. The Morgan fingerprint density at radius 1 is 0.882 bits per heavy atom. The minimum atomic E-state index is -4.45. The van der Waals surface area contributed by atoms with Crippen molar-refractivity contribution in [1.29, 1.82) is 0 Å². The summed E-state index contributed by atoms with van der Waals surface area (Å²) < 4.78 is 44.6. The number of halogens is 3. The van der Waals surface area contributed by atoms with Crippen LogP contribution in [0.1, 0.15) is 5.56 Å². The van der Waals surface area contributed by atoms with E-state index in [1.165, 1.54) is 24.7 Å². The van der Waals surface area contributed by atoms with Gasteiger partial charge in [-0.05, 0) is 58.8 Å². The van der Waals surface area contributed by atoms with Crippen molar-refractivity contribution in [3.63, 3.8) is 0 Å². The van der Waals surface area contributed by atoms with Crippen LogP contribution in [0.4, 0.5) is 36.4 Å². The first kappa shape index (κ1) is 21.7. The molecule has 6 nitrogen and oxygen atoms in total. The standard InChI is InChI=1S/C24H16F3N5OS/c25-24(26,27)18-2-1-3-19(10-18)30-22-20(16-6-8-33-13-16)12-29-23(32-22)31-21-5-4-15(11-28-21)17-7-9-34-14-17/h1-14H,(H2,28,29,30,31,32). The molecule has 0 bridgehead atoms. The van der Waals surface area contributed by atoms with Crippen LogP contribution in [0.3, 0.4) is 0 Å². The lowest BCUT2D eigenvalue weighted by Gasteiger charge is -2.14. The van der Waals surface area contributed by atoms with Crippen LogP contribution < -0.4 is 10.6 Å². The molecule has 34 heavy (non-hydrogen) atoms. The predicted molar refractivity (Wildman–Crippen MR) is 125 cm³/mol. The maximum atomic E-state index is 13.2. The summed E-state index contributed by atoms with van der Waals surface area (Å²) in [6, 6.07) is 12.4. The second kappa shape index (κ2) is 8.99. The van der Waals surface area contributed by atoms with Crippen molar-refractivity contribution in [3.05, 3.63) is 89.8 Å². The highest BCUT2D eigenvalue weighted by Gasteiger charge is 2.30. The number of pyridine rings is 1. The van der Waals surface area contributed by atoms with E-state index < -0.39 is 11.7 Å². The smallest absolute Gasteiger partial charge is 0.416 e. The minimum Gasteiger partial charge on any atom is -0.472 e. The number of thiophene rings is 1. The maximum Gasteiger partial charge on any atom is 0.416 e. The molecule has 5 rings (SSSR count). The molecule has 0 atom stereocenters. The summed E-state index contributed by atoms with van der Waals surface area (Å²) in [4.78, 5) is 13.2. The average molecular weight is 479 g/mol. The minimum absolute atomic E-state index is 0.234. The number of nitrogens with one attached hydrogen (secondary N) is 2. The molecule has 10 heteroatoms. The zero-order chi connectivity index (χ0) is 23.5. The first-order chi connectivity index (χ1) is 16.5. The lowest BCUT2D eigenvalue weighted by atomic mass is 10.1. The fourth-order valence-corrected chi connectivity index (χ4v) is 3.92. The normalized spacial score (nSPS) is 11.4. The first-order valence-electron chi connectivity index (χ1n) is 10.1. The summed E-state index contributed by atoms with van der Waals surface area (Å²) in [6.45, 7) is 0. The largest absolute Gasteiger partial charge is 0.472 e. The number of aromatic nitrogens is 3. The van der Waals surface area contributed by atoms with E-state index in [1.54, 1.807) is 35.9 Å². The van der Waals surface area contributed by atoms with Crippen molar-refractivity contribution in [1.82, 2.24) is 15.0 Å². The van der Waals surface area contributed by atoms with E-state index in [0.717, 1.165) is 23.3 Å². The van der Waals surface area contributed by atoms with Crippen molar-refractivity contribution in [2.24, 2.45) is 0 Å². The van der Waals surface area contributed by atoms with Gasteiger partial charge in [-0.3, -0.25) is 0 Å². The van der Waals surface area contributed by atoms with E-state index in [-0.39, 0.29) is 11.6 Å². The van der Waals surface area contributed by atoms with Crippen LogP contribution in [0.25, 0.3) is 22.3 Å². The maximum absolute atomic E-state index is 13.2. The third kappa shape index (κ3) is 4.76. The van der Waals surface area contributed by atoms with Gasteiger partial charge in [0.1, 0.15) is 11.6 Å². The van der Waals surface area contributed by atoms with Crippen LogP contribution in [-0.4, -0.2) is 15.0 Å². The highest BCUT2D eigenvalue weighted by molar-refractivity contribution is 7.08. The van der Waals surface area contributed by atoms with Crippen LogP contribution in [0.5, 0.6) is 0 Å². The summed E-state index contributed by atoms with van der Waals surface area (Å²) in [5.41, 5.74) is 2.79. The number of alkyl halides is 3. The van der Waals surface area contributed by atoms with Crippen LogP contribution in [0, 0.1) is 0 Å². The quantitative estimate of drug-likeness (QED) is 0.265. The van der Waals surface area contributed by atoms with E-state index in [9.17, 15) is 13.2 Å². The molecule has 0 aliphatic carbocycles. The van der Waals surface area contributed by atoms with Gasteiger partial charge in [0.25, 0.3) is 0 Å². The van der Waals surface area contributed by atoms with Crippen molar-refractivity contribution >= 4 is 34.6 Å². The summed E-state index contributed by atoms with van der Waals surface area (Å²) in [5, 5.41) is 10.0. The number of rotatable bonds is 6. The number of hydrogen-bond donors (Lipinski definition) is 2. The Morgan fingerprint density at radius 2 is 1.79 bits per heavy atom. The average Bonchev–Trinajstić information content (AvgIpc) is 3.54. The van der Waals surface area contributed by atoms with Gasteiger partial charge in [-0.1, -0.05) is 6.07 Å². The Hall–Kier alpha value is -4.18. The molecular weight excluding hydrogens is 463 g/mol. The van der Waals surface area contributed by atoms with Gasteiger partial charge in [0.15, 0.2) is 0 Å². The van der Waals surface area contributed by atoms with Gasteiger partial charge >= 0.3 is 6.18 Å². The summed E-state index contributed by atoms with van der Waals surface area (Å²) in [7, 11) is 0. The number of furan rings is 1. The van der Waals surface area contributed by atoms with Gasteiger partial charge < -0.3 is 15.1 Å². The van der Waals surface area contributed by atoms with Crippen molar-refractivity contribution in [2.45, 2.75) is 6.18 Å². The van der Waals surface area contributed by atoms with Gasteiger partial charge in [0.05, 0.1) is 18.1 Å². The number of anilines is 4. The van der Waals surface area contributed by atoms with Gasteiger partial charge in [0, 0.05) is 34.8 Å². The Bertz CT molecular complexity index is 1390. The Balaban J connectivity index is 1.44. The van der Waals surface area contributed by atoms with E-state index in [4.69, 9.17) is 4.42 Å². The Morgan fingerprint density at radius 3 is 2.50 bits per heavy atom. The molecular formula is C24H16F3N5OS. The molecule has 0 spiro atoms. The molecule has 4 aromatic heterocycles. The first-order valence-corrected chi connectivity index (χ1v) is 11.0. The predicted octanol–water partition coefficient (Wildman–Crippen LogP) is 7.37. The second-order valence-corrected chi connectivity index (χ2v) is 8.02. The Kier molecular flexibility index (Phi) is 5.72. The van der Waals surface area contributed by atoms with Gasteiger partial charge in [-0.2, -0.15) is 29.5 Å². The lowest BCUT2D eigenvalue weighted by molar-refractivity contribution is -0.137. The third-order valence-electron chi connectivity index (χ3n) is 4.93. The van der Waals surface area contributed by atoms with Crippen LogP contribution >= 0.6 is 11.3 Å². The third-order valence-corrected chi connectivity index (χ3v) is 5.61. The monoisotopic (exact) mass is 479 g/mol. The summed E-state index contributed by atoms with van der Waals surface area (Å²) in [5.74, 6) is 1.07. The van der Waals surface area contributed by atoms with Crippen molar-refractivity contribution < 1.29 is 17.6 Å². The van der Waals surface area contributed by atoms with Gasteiger partial charge in [-0.15, -0.1) is 0 Å². The van der Waals surface area contributed by atoms with E-state index in [1.807, 2.05) is 22.9 Å². The van der Waals surface area contributed by atoms with E-state index in [0.29, 0.717) is 22.8 Å². The second-order valence-electron chi connectivity index (χ2n) is 7.24. The molecule has 2 N–H and O–H groups in total. The number of nitrogens with zero attached hydrogens (tertiary/aromatic N) is 3. The van der Waals surface area contributed by atoms with Crippen molar-refractivity contribution in [3.8, 4) is 22.3 Å². The molecule has 0 unspecified atom stereocenters. The van der Waals surface area contributed by atoms with Crippen molar-refractivity contribution in [2.75, 3.05) is 10.6 Å². The fraction of sp³-hybridized carbons (Fsp3) is 0.0417. The topological polar surface area (TPSA) is 75.9 Å².